The Morgan fingerprint density at radius 1 is 1.38 bits per heavy atom. The third kappa shape index (κ3) is 3.02. The quantitative estimate of drug-likeness (QED) is 0.318. The third-order valence-electron chi connectivity index (χ3n) is 1.74. The fourth-order valence-electron chi connectivity index (χ4n) is 0.703. The fraction of sp³-hybridized carbons (Fsp3) is 0.857. The zero-order valence-electron chi connectivity index (χ0n) is 7.21. The van der Waals surface area contributed by atoms with E-state index in [9.17, 15) is 9.90 Å². The topological polar surface area (TPSA) is 118 Å². The highest BCUT2D eigenvalue weighted by molar-refractivity contribution is 5.84. The van der Waals surface area contributed by atoms with Crippen LogP contribution < -0.4 is 0 Å². The van der Waals surface area contributed by atoms with Crippen molar-refractivity contribution >= 4 is 5.78 Å². The van der Waals surface area contributed by atoms with E-state index in [1.165, 1.54) is 0 Å². The Morgan fingerprint density at radius 3 is 2.15 bits per heavy atom. The summed E-state index contributed by atoms with van der Waals surface area (Å²) in [6.07, 6.45) is -3.72. The SMILES string of the molecule is C[C@@](O)(CO)[C@@H](O)[C@H](O)C(=O)CO. The minimum atomic E-state index is -1.97. The Bertz CT molecular complexity index is 178. The van der Waals surface area contributed by atoms with Crippen molar-refractivity contribution in [3.05, 3.63) is 0 Å². The van der Waals surface area contributed by atoms with Gasteiger partial charge in [-0.2, -0.15) is 0 Å². The molecule has 5 N–H and O–H groups in total. The summed E-state index contributed by atoms with van der Waals surface area (Å²) >= 11 is 0. The molecule has 0 radical (unpaired) electrons. The van der Waals surface area contributed by atoms with Gasteiger partial charge in [0.05, 0.1) is 6.61 Å². The highest BCUT2D eigenvalue weighted by Gasteiger charge is 2.38. The van der Waals surface area contributed by atoms with E-state index in [2.05, 4.69) is 0 Å². The maximum absolute atomic E-state index is 10.7. The molecule has 6 nitrogen and oxygen atoms in total. The zero-order chi connectivity index (χ0) is 10.6. The number of carbonyl (C=O) groups excluding carboxylic acids is 1. The van der Waals surface area contributed by atoms with E-state index in [4.69, 9.17) is 20.4 Å². The van der Waals surface area contributed by atoms with E-state index in [0.29, 0.717) is 0 Å². The van der Waals surface area contributed by atoms with Crippen molar-refractivity contribution in [3.63, 3.8) is 0 Å². The molecule has 0 aliphatic carbocycles. The first-order chi connectivity index (χ1) is 5.86. The molecule has 0 saturated heterocycles. The van der Waals surface area contributed by atoms with Gasteiger partial charge in [-0.3, -0.25) is 4.79 Å². The summed E-state index contributed by atoms with van der Waals surface area (Å²) in [5, 5.41) is 44.3. The van der Waals surface area contributed by atoms with Crippen LogP contribution in [0.25, 0.3) is 0 Å². The van der Waals surface area contributed by atoms with Gasteiger partial charge in [-0.05, 0) is 6.92 Å². The molecule has 0 aliphatic rings. The van der Waals surface area contributed by atoms with E-state index in [0.717, 1.165) is 6.92 Å². The smallest absolute Gasteiger partial charge is 0.189 e. The van der Waals surface area contributed by atoms with Gasteiger partial charge in [0.25, 0.3) is 0 Å². The van der Waals surface area contributed by atoms with Crippen LogP contribution in [0.1, 0.15) is 6.92 Å². The van der Waals surface area contributed by atoms with E-state index in [-0.39, 0.29) is 0 Å². The lowest BCUT2D eigenvalue weighted by Crippen LogP contribution is -2.52. The summed E-state index contributed by atoms with van der Waals surface area (Å²) in [5.74, 6) is -1.01. The number of ketones is 1. The molecule has 0 rings (SSSR count). The van der Waals surface area contributed by atoms with Crippen LogP contribution >= 0.6 is 0 Å². The predicted molar refractivity (Wildman–Crippen MR) is 41.8 cm³/mol. The molecule has 0 heterocycles. The number of Topliss-reactive ketones (excluding diaryl/α,β-unsaturated/α-hetero) is 1. The first-order valence-corrected chi connectivity index (χ1v) is 3.69. The van der Waals surface area contributed by atoms with Crippen LogP contribution in [-0.4, -0.2) is 62.3 Å². The molecule has 0 saturated carbocycles. The Balaban J connectivity index is 4.41. The number of aliphatic hydroxyl groups is 5. The molecule has 0 fully saturated rings. The Labute approximate surface area is 75.1 Å². The Morgan fingerprint density at radius 2 is 1.85 bits per heavy atom. The van der Waals surface area contributed by atoms with Crippen LogP contribution in [0.2, 0.25) is 0 Å². The van der Waals surface area contributed by atoms with Gasteiger partial charge in [0.2, 0.25) is 0 Å². The van der Waals surface area contributed by atoms with Gasteiger partial charge in [-0.25, -0.2) is 0 Å². The first kappa shape index (κ1) is 12.5. The molecule has 0 spiro atoms. The Kier molecular flexibility index (Phi) is 4.45. The lowest BCUT2D eigenvalue weighted by molar-refractivity contribution is -0.158. The van der Waals surface area contributed by atoms with Crippen LogP contribution in [0, 0.1) is 0 Å². The van der Waals surface area contributed by atoms with Crippen molar-refractivity contribution in [2.24, 2.45) is 0 Å². The summed E-state index contributed by atoms with van der Waals surface area (Å²) in [7, 11) is 0. The summed E-state index contributed by atoms with van der Waals surface area (Å²) in [6.45, 7) is -0.671. The van der Waals surface area contributed by atoms with Crippen LogP contribution in [-0.2, 0) is 4.79 Å². The molecule has 0 aromatic carbocycles. The van der Waals surface area contributed by atoms with Crippen molar-refractivity contribution in [1.82, 2.24) is 0 Å². The molecule has 13 heavy (non-hydrogen) atoms. The number of carbonyl (C=O) groups is 1. The van der Waals surface area contributed by atoms with Gasteiger partial charge >= 0.3 is 0 Å². The number of hydrogen-bond acceptors (Lipinski definition) is 6. The molecule has 6 heteroatoms. The van der Waals surface area contributed by atoms with Crippen molar-refractivity contribution in [2.45, 2.75) is 24.7 Å². The fourth-order valence-corrected chi connectivity index (χ4v) is 0.703. The second-order valence-electron chi connectivity index (χ2n) is 3.03. The first-order valence-electron chi connectivity index (χ1n) is 3.69. The van der Waals surface area contributed by atoms with Gasteiger partial charge in [-0.15, -0.1) is 0 Å². The maximum Gasteiger partial charge on any atom is 0.189 e. The molecular weight excluding hydrogens is 180 g/mol. The van der Waals surface area contributed by atoms with Gasteiger partial charge in [0.1, 0.15) is 24.4 Å². The van der Waals surface area contributed by atoms with Gasteiger partial charge < -0.3 is 25.5 Å². The average Bonchev–Trinajstić information content (AvgIpc) is 2.14. The number of aliphatic hydroxyl groups excluding tert-OH is 4. The molecular formula is C7H14O6. The molecule has 0 amide bonds. The summed E-state index contributed by atoms with van der Waals surface area (Å²) in [6, 6.07) is 0. The standard InChI is InChI=1S/C7H14O6/c1-7(13,3-9)6(12)5(11)4(10)2-8/h5-6,8-9,11-13H,2-3H2,1H3/t5-,6+,7-/m1/s1. The van der Waals surface area contributed by atoms with E-state index < -0.39 is 36.8 Å². The van der Waals surface area contributed by atoms with Crippen LogP contribution in [0.15, 0.2) is 0 Å². The minimum absolute atomic E-state index is 0.802. The highest BCUT2D eigenvalue weighted by Crippen LogP contribution is 2.12. The summed E-state index contributed by atoms with van der Waals surface area (Å²) in [4.78, 5) is 10.7. The van der Waals surface area contributed by atoms with Crippen LogP contribution in [0.5, 0.6) is 0 Å². The van der Waals surface area contributed by atoms with Crippen molar-refractivity contribution < 1.29 is 30.3 Å². The third-order valence-corrected chi connectivity index (χ3v) is 1.74. The lowest BCUT2D eigenvalue weighted by Gasteiger charge is -2.29. The normalized spacial score (nSPS) is 20.5. The maximum atomic E-state index is 10.7. The number of rotatable bonds is 5. The average molecular weight is 194 g/mol. The lowest BCUT2D eigenvalue weighted by atomic mass is 9.94. The van der Waals surface area contributed by atoms with Gasteiger partial charge in [0, 0.05) is 0 Å². The van der Waals surface area contributed by atoms with Gasteiger partial charge in [-0.1, -0.05) is 0 Å². The monoisotopic (exact) mass is 194 g/mol. The van der Waals surface area contributed by atoms with E-state index in [1.807, 2.05) is 0 Å². The minimum Gasteiger partial charge on any atom is -0.393 e. The highest BCUT2D eigenvalue weighted by atomic mass is 16.4. The second kappa shape index (κ2) is 4.64. The van der Waals surface area contributed by atoms with Crippen LogP contribution in [0.4, 0.5) is 0 Å². The molecule has 0 aromatic heterocycles. The predicted octanol–water partition coefficient (Wildman–Crippen LogP) is -2.99. The molecule has 78 valence electrons. The van der Waals surface area contributed by atoms with E-state index in [1.54, 1.807) is 0 Å². The zero-order valence-corrected chi connectivity index (χ0v) is 7.21. The molecule has 3 atom stereocenters. The molecule has 0 aliphatic heterocycles. The van der Waals surface area contributed by atoms with Crippen LogP contribution in [0.3, 0.4) is 0 Å². The molecule has 0 unspecified atom stereocenters. The molecule has 0 bridgehead atoms. The van der Waals surface area contributed by atoms with Gasteiger partial charge in [0.15, 0.2) is 5.78 Å². The largest absolute Gasteiger partial charge is 0.393 e. The number of hydrogen-bond donors (Lipinski definition) is 5. The van der Waals surface area contributed by atoms with E-state index >= 15 is 0 Å². The molecule has 0 aromatic rings. The van der Waals surface area contributed by atoms with Crippen molar-refractivity contribution in [1.29, 1.82) is 0 Å². The Hall–Kier alpha value is -0.530. The van der Waals surface area contributed by atoms with Crippen molar-refractivity contribution in [2.75, 3.05) is 13.2 Å². The van der Waals surface area contributed by atoms with Crippen molar-refractivity contribution in [3.8, 4) is 0 Å². The second-order valence-corrected chi connectivity index (χ2v) is 3.03. The summed E-state index contributed by atoms with van der Waals surface area (Å²) in [5.41, 5.74) is -1.97. The summed E-state index contributed by atoms with van der Waals surface area (Å²) < 4.78 is 0.